The van der Waals surface area contributed by atoms with Crippen molar-refractivity contribution in [2.45, 2.75) is 25.8 Å². The molecule has 1 aromatic carbocycles. The Morgan fingerprint density at radius 3 is 2.95 bits per heavy atom. The average molecular weight is 327 g/mol. The van der Waals surface area contributed by atoms with E-state index in [1.807, 2.05) is 6.92 Å². The molecule has 0 aliphatic carbocycles. The second kappa shape index (κ2) is 6.73. The van der Waals surface area contributed by atoms with Gasteiger partial charge in [0, 0.05) is 36.4 Å². The Morgan fingerprint density at radius 1 is 1.53 bits per heavy atom. The number of methoxy groups -OCH3 is 1. The standard InChI is InChI=1S/C15H23BrN2O/c1-11(17)14-6-5-13(8-15(14)16)18-7-3-4-12(9-18)10-19-2/h5-6,8,11-12H,3-4,7,9-10,17H2,1-2H3. The first-order valence-corrected chi connectivity index (χ1v) is 7.70. The van der Waals surface area contributed by atoms with Crippen molar-refractivity contribution in [2.24, 2.45) is 11.7 Å². The van der Waals surface area contributed by atoms with Crippen molar-refractivity contribution in [3.05, 3.63) is 28.2 Å². The molecule has 2 atom stereocenters. The zero-order valence-electron chi connectivity index (χ0n) is 11.7. The molecule has 19 heavy (non-hydrogen) atoms. The molecule has 4 heteroatoms. The highest BCUT2D eigenvalue weighted by atomic mass is 79.9. The minimum atomic E-state index is 0.0611. The summed E-state index contributed by atoms with van der Waals surface area (Å²) in [6, 6.07) is 6.56. The number of hydrogen-bond donors (Lipinski definition) is 1. The summed E-state index contributed by atoms with van der Waals surface area (Å²) in [5.74, 6) is 0.644. The molecule has 2 unspecified atom stereocenters. The quantitative estimate of drug-likeness (QED) is 0.922. The molecular weight excluding hydrogens is 304 g/mol. The van der Waals surface area contributed by atoms with Crippen molar-refractivity contribution >= 4 is 21.6 Å². The molecular formula is C15H23BrN2O. The van der Waals surface area contributed by atoms with Gasteiger partial charge >= 0.3 is 0 Å². The molecule has 0 aromatic heterocycles. The van der Waals surface area contributed by atoms with E-state index in [4.69, 9.17) is 10.5 Å². The zero-order chi connectivity index (χ0) is 13.8. The second-order valence-electron chi connectivity index (χ2n) is 5.40. The van der Waals surface area contributed by atoms with Crippen LogP contribution in [0, 0.1) is 5.92 Å². The van der Waals surface area contributed by atoms with Crippen molar-refractivity contribution in [3.63, 3.8) is 0 Å². The molecule has 1 aliphatic rings. The van der Waals surface area contributed by atoms with Crippen LogP contribution in [0.15, 0.2) is 22.7 Å². The highest BCUT2D eigenvalue weighted by Gasteiger charge is 2.20. The van der Waals surface area contributed by atoms with Crippen molar-refractivity contribution in [2.75, 3.05) is 31.7 Å². The molecule has 1 aliphatic heterocycles. The molecule has 1 aromatic rings. The van der Waals surface area contributed by atoms with Gasteiger partial charge in [0.05, 0.1) is 6.61 Å². The molecule has 0 saturated carbocycles. The number of rotatable bonds is 4. The summed E-state index contributed by atoms with van der Waals surface area (Å²) in [6.45, 7) is 5.08. The maximum Gasteiger partial charge on any atom is 0.0507 e. The van der Waals surface area contributed by atoms with E-state index in [1.165, 1.54) is 18.5 Å². The molecule has 3 nitrogen and oxygen atoms in total. The van der Waals surface area contributed by atoms with Crippen LogP contribution in [0.25, 0.3) is 0 Å². The number of hydrogen-bond acceptors (Lipinski definition) is 3. The normalized spacial score (nSPS) is 21.5. The topological polar surface area (TPSA) is 38.5 Å². The van der Waals surface area contributed by atoms with E-state index in [1.54, 1.807) is 7.11 Å². The van der Waals surface area contributed by atoms with Gasteiger partial charge in [-0.1, -0.05) is 22.0 Å². The predicted molar refractivity (Wildman–Crippen MR) is 83.6 cm³/mol. The van der Waals surface area contributed by atoms with Crippen LogP contribution in [0.4, 0.5) is 5.69 Å². The smallest absolute Gasteiger partial charge is 0.0507 e. The minimum absolute atomic E-state index is 0.0611. The summed E-state index contributed by atoms with van der Waals surface area (Å²) in [7, 11) is 1.78. The molecule has 1 saturated heterocycles. The molecule has 2 N–H and O–H groups in total. The fraction of sp³-hybridized carbons (Fsp3) is 0.600. The maximum absolute atomic E-state index is 5.94. The number of benzene rings is 1. The van der Waals surface area contributed by atoms with Crippen LogP contribution in [0.3, 0.4) is 0 Å². The summed E-state index contributed by atoms with van der Waals surface area (Å²) in [5.41, 5.74) is 8.38. The van der Waals surface area contributed by atoms with Gasteiger partial charge in [-0.25, -0.2) is 0 Å². The summed E-state index contributed by atoms with van der Waals surface area (Å²) >= 11 is 3.63. The molecule has 0 radical (unpaired) electrons. The van der Waals surface area contributed by atoms with Gasteiger partial charge in [0.2, 0.25) is 0 Å². The summed E-state index contributed by atoms with van der Waals surface area (Å²) in [6.07, 6.45) is 2.50. The lowest BCUT2D eigenvalue weighted by Gasteiger charge is -2.34. The maximum atomic E-state index is 5.94. The molecule has 1 heterocycles. The molecule has 0 bridgehead atoms. The predicted octanol–water partition coefficient (Wildman–Crippen LogP) is 3.33. The van der Waals surface area contributed by atoms with E-state index >= 15 is 0 Å². The van der Waals surface area contributed by atoms with Crippen molar-refractivity contribution in [1.82, 2.24) is 0 Å². The Kier molecular flexibility index (Phi) is 5.25. The summed E-state index contributed by atoms with van der Waals surface area (Å²) < 4.78 is 6.39. The van der Waals surface area contributed by atoms with E-state index in [9.17, 15) is 0 Å². The molecule has 1 fully saturated rings. The van der Waals surface area contributed by atoms with E-state index < -0.39 is 0 Å². The van der Waals surface area contributed by atoms with Gasteiger partial charge in [-0.2, -0.15) is 0 Å². The van der Waals surface area contributed by atoms with Gasteiger partial charge in [-0.3, -0.25) is 0 Å². The average Bonchev–Trinajstić information content (AvgIpc) is 2.39. The van der Waals surface area contributed by atoms with Gasteiger partial charge < -0.3 is 15.4 Å². The van der Waals surface area contributed by atoms with Crippen LogP contribution in [0.2, 0.25) is 0 Å². The third-order valence-electron chi connectivity index (χ3n) is 3.76. The van der Waals surface area contributed by atoms with E-state index in [0.29, 0.717) is 5.92 Å². The number of halogens is 1. The fourth-order valence-corrected chi connectivity index (χ4v) is 3.48. The van der Waals surface area contributed by atoms with E-state index in [-0.39, 0.29) is 6.04 Å². The van der Waals surface area contributed by atoms with Crippen molar-refractivity contribution in [3.8, 4) is 0 Å². The largest absolute Gasteiger partial charge is 0.384 e. The van der Waals surface area contributed by atoms with E-state index in [2.05, 4.69) is 39.0 Å². The van der Waals surface area contributed by atoms with Crippen LogP contribution in [0.1, 0.15) is 31.4 Å². The van der Waals surface area contributed by atoms with Gasteiger partial charge in [0.25, 0.3) is 0 Å². The Bertz CT molecular complexity index is 421. The number of anilines is 1. The van der Waals surface area contributed by atoms with Crippen LogP contribution in [-0.4, -0.2) is 26.8 Å². The highest BCUT2D eigenvalue weighted by molar-refractivity contribution is 9.10. The van der Waals surface area contributed by atoms with E-state index in [0.717, 1.165) is 29.7 Å². The Hall–Kier alpha value is -0.580. The van der Waals surface area contributed by atoms with Crippen molar-refractivity contribution in [1.29, 1.82) is 0 Å². The third kappa shape index (κ3) is 3.71. The first-order valence-electron chi connectivity index (χ1n) is 6.90. The Morgan fingerprint density at radius 2 is 2.32 bits per heavy atom. The van der Waals surface area contributed by atoms with Crippen molar-refractivity contribution < 1.29 is 4.74 Å². The summed E-state index contributed by atoms with van der Waals surface area (Å²) in [4.78, 5) is 2.45. The first kappa shape index (κ1) is 14.8. The van der Waals surface area contributed by atoms with Gasteiger partial charge in [-0.05, 0) is 43.4 Å². The minimum Gasteiger partial charge on any atom is -0.384 e. The van der Waals surface area contributed by atoms with Gasteiger partial charge in [-0.15, -0.1) is 0 Å². The van der Waals surface area contributed by atoms with Crippen LogP contribution < -0.4 is 10.6 Å². The second-order valence-corrected chi connectivity index (χ2v) is 6.26. The van der Waals surface area contributed by atoms with Crippen LogP contribution >= 0.6 is 15.9 Å². The third-order valence-corrected chi connectivity index (χ3v) is 4.45. The molecule has 0 amide bonds. The highest BCUT2D eigenvalue weighted by Crippen LogP contribution is 2.30. The number of piperidine rings is 1. The molecule has 2 rings (SSSR count). The summed E-state index contributed by atoms with van der Waals surface area (Å²) in [5, 5.41) is 0. The number of nitrogens with zero attached hydrogens (tertiary/aromatic N) is 1. The van der Waals surface area contributed by atoms with Gasteiger partial charge in [0.1, 0.15) is 0 Å². The first-order chi connectivity index (χ1) is 9.11. The fourth-order valence-electron chi connectivity index (χ4n) is 2.75. The van der Waals surface area contributed by atoms with Crippen LogP contribution in [0.5, 0.6) is 0 Å². The SMILES string of the molecule is COCC1CCCN(c2ccc(C(C)N)c(Br)c2)C1. The Labute approximate surface area is 124 Å². The lowest BCUT2D eigenvalue weighted by atomic mass is 9.98. The number of nitrogens with two attached hydrogens (primary N) is 1. The Balaban J connectivity index is 2.11. The number of ether oxygens (including phenoxy) is 1. The van der Waals surface area contributed by atoms with Crippen LogP contribution in [-0.2, 0) is 4.74 Å². The molecule has 106 valence electrons. The van der Waals surface area contributed by atoms with Gasteiger partial charge in [0.15, 0.2) is 0 Å². The monoisotopic (exact) mass is 326 g/mol. The zero-order valence-corrected chi connectivity index (χ0v) is 13.3. The lowest BCUT2D eigenvalue weighted by molar-refractivity contribution is 0.143. The molecule has 0 spiro atoms. The lowest BCUT2D eigenvalue weighted by Crippen LogP contribution is -2.37.